The van der Waals surface area contributed by atoms with Gasteiger partial charge in [-0.05, 0) is 6.92 Å². The van der Waals surface area contributed by atoms with Gasteiger partial charge < -0.3 is 15.5 Å². The molecule has 3 N–H and O–H groups in total. The van der Waals surface area contributed by atoms with Gasteiger partial charge in [0.2, 0.25) is 0 Å². The summed E-state index contributed by atoms with van der Waals surface area (Å²) in [6, 6.07) is 0.130. The summed E-state index contributed by atoms with van der Waals surface area (Å²) in [7, 11) is 0. The number of hydrogen-bond acceptors (Lipinski definition) is 3. The van der Waals surface area contributed by atoms with Crippen LogP contribution in [0.25, 0.3) is 0 Å². The fourth-order valence-electron chi connectivity index (χ4n) is 0.536. The maximum Gasteiger partial charge on any atom is 0.412 e. The van der Waals surface area contributed by atoms with Gasteiger partial charge >= 0.3 is 12.1 Å². The van der Waals surface area contributed by atoms with E-state index in [-0.39, 0.29) is 6.01 Å². The molecule has 5 nitrogen and oxygen atoms in total. The number of carbonyl (C=O) groups is 1. The molecule has 10 heavy (non-hydrogen) atoms. The first kappa shape index (κ1) is 6.60. The van der Waals surface area contributed by atoms with Crippen LogP contribution in [-0.2, 0) is 0 Å². The van der Waals surface area contributed by atoms with Crippen LogP contribution in [0.3, 0.4) is 0 Å². The van der Waals surface area contributed by atoms with Crippen molar-refractivity contribution in [1.82, 2.24) is 9.97 Å². The van der Waals surface area contributed by atoms with Crippen LogP contribution in [0.1, 0.15) is 5.69 Å². The first-order chi connectivity index (χ1) is 4.68. The average molecular weight is 141 g/mol. The maximum atomic E-state index is 10.1. The fourth-order valence-corrected chi connectivity index (χ4v) is 0.536. The Morgan fingerprint density at radius 1 is 1.90 bits per heavy atom. The van der Waals surface area contributed by atoms with Crippen LogP contribution in [0.15, 0.2) is 6.20 Å². The first-order valence-corrected chi connectivity index (χ1v) is 2.67. The molecule has 0 atom stereocenters. The molecule has 54 valence electrons. The lowest BCUT2D eigenvalue weighted by Crippen LogP contribution is -2.16. The van der Waals surface area contributed by atoms with Crippen molar-refractivity contribution in [3.8, 4) is 6.01 Å². The number of rotatable bonds is 1. The van der Waals surface area contributed by atoms with Crippen LogP contribution in [0, 0.1) is 6.92 Å². The molecule has 0 aliphatic heterocycles. The number of aryl methyl sites for hydroxylation is 1. The number of nitrogens with two attached hydrogens (primary N) is 1. The van der Waals surface area contributed by atoms with Crippen molar-refractivity contribution in [1.29, 1.82) is 0 Å². The number of aromatic amines is 1. The Morgan fingerprint density at radius 2 is 2.60 bits per heavy atom. The van der Waals surface area contributed by atoms with E-state index in [2.05, 4.69) is 14.7 Å². The third-order valence-electron chi connectivity index (χ3n) is 0.877. The van der Waals surface area contributed by atoms with Gasteiger partial charge in [-0.1, -0.05) is 0 Å². The Labute approximate surface area is 57.2 Å². The van der Waals surface area contributed by atoms with Gasteiger partial charge in [0.1, 0.15) is 0 Å². The van der Waals surface area contributed by atoms with Gasteiger partial charge in [0.15, 0.2) is 0 Å². The molecule has 1 heterocycles. The quantitative estimate of drug-likeness (QED) is 0.585. The minimum absolute atomic E-state index is 0.130. The Hall–Kier alpha value is -1.52. The Bertz CT molecular complexity index is 243. The topological polar surface area (TPSA) is 81.0 Å². The van der Waals surface area contributed by atoms with Gasteiger partial charge in [-0.2, -0.15) is 0 Å². The molecule has 1 amide bonds. The molecule has 0 saturated carbocycles. The highest BCUT2D eigenvalue weighted by Crippen LogP contribution is 2.02. The van der Waals surface area contributed by atoms with Crippen molar-refractivity contribution in [2.75, 3.05) is 0 Å². The molecule has 0 aromatic carbocycles. The van der Waals surface area contributed by atoms with Gasteiger partial charge in [-0.25, -0.2) is 9.78 Å². The van der Waals surface area contributed by atoms with E-state index in [0.29, 0.717) is 0 Å². The van der Waals surface area contributed by atoms with Crippen LogP contribution < -0.4 is 10.5 Å². The molecule has 1 aromatic heterocycles. The molecule has 0 saturated heterocycles. The molecule has 0 radical (unpaired) electrons. The Kier molecular flexibility index (Phi) is 1.57. The summed E-state index contributed by atoms with van der Waals surface area (Å²) in [5.41, 5.74) is 5.53. The zero-order valence-corrected chi connectivity index (χ0v) is 5.42. The van der Waals surface area contributed by atoms with Crippen molar-refractivity contribution >= 4 is 6.09 Å². The average Bonchev–Trinajstić information content (AvgIpc) is 2.13. The van der Waals surface area contributed by atoms with Crippen LogP contribution >= 0.6 is 0 Å². The van der Waals surface area contributed by atoms with Gasteiger partial charge in [-0.3, -0.25) is 0 Å². The molecule has 0 fully saturated rings. The van der Waals surface area contributed by atoms with E-state index in [1.54, 1.807) is 6.92 Å². The third kappa shape index (κ3) is 1.48. The van der Waals surface area contributed by atoms with Gasteiger partial charge in [-0.15, -0.1) is 0 Å². The van der Waals surface area contributed by atoms with Gasteiger partial charge in [0.25, 0.3) is 0 Å². The molecular formula is C5H7N3O2. The number of hydrogen-bond donors (Lipinski definition) is 2. The number of imidazole rings is 1. The molecule has 0 aliphatic rings. The minimum atomic E-state index is -0.866. The summed E-state index contributed by atoms with van der Waals surface area (Å²) in [6.45, 7) is 1.79. The minimum Gasteiger partial charge on any atom is -0.376 e. The number of nitrogens with zero attached hydrogens (tertiary/aromatic N) is 1. The summed E-state index contributed by atoms with van der Waals surface area (Å²) in [5.74, 6) is 0. The molecular weight excluding hydrogens is 134 g/mol. The number of amides is 1. The Morgan fingerprint density at radius 3 is 3.00 bits per heavy atom. The second-order valence-corrected chi connectivity index (χ2v) is 1.79. The predicted molar refractivity (Wildman–Crippen MR) is 33.5 cm³/mol. The van der Waals surface area contributed by atoms with Gasteiger partial charge in [0, 0.05) is 5.69 Å². The molecule has 0 bridgehead atoms. The third-order valence-corrected chi connectivity index (χ3v) is 0.877. The summed E-state index contributed by atoms with van der Waals surface area (Å²) in [4.78, 5) is 16.5. The molecule has 1 aromatic rings. The van der Waals surface area contributed by atoms with Gasteiger partial charge in [0.05, 0.1) is 6.20 Å². The van der Waals surface area contributed by atoms with E-state index in [1.807, 2.05) is 0 Å². The summed E-state index contributed by atoms with van der Waals surface area (Å²) < 4.78 is 4.41. The van der Waals surface area contributed by atoms with Crippen molar-refractivity contribution < 1.29 is 9.53 Å². The second-order valence-electron chi connectivity index (χ2n) is 1.79. The van der Waals surface area contributed by atoms with E-state index in [0.717, 1.165) is 5.69 Å². The van der Waals surface area contributed by atoms with Crippen molar-refractivity contribution in [2.24, 2.45) is 5.73 Å². The lowest BCUT2D eigenvalue weighted by molar-refractivity contribution is 0.207. The number of ether oxygens (including phenoxy) is 1. The standard InChI is InChI=1S/C5H7N3O2/c1-3-2-7-5(8-3)10-4(6)9/h2H,1H3,(H2,6,9)(H,7,8). The first-order valence-electron chi connectivity index (χ1n) is 2.67. The van der Waals surface area contributed by atoms with Crippen LogP contribution in [0.5, 0.6) is 6.01 Å². The zero-order chi connectivity index (χ0) is 7.56. The molecule has 0 spiro atoms. The highest BCUT2D eigenvalue weighted by atomic mass is 16.6. The zero-order valence-electron chi connectivity index (χ0n) is 5.42. The predicted octanol–water partition coefficient (Wildman–Crippen LogP) is 0.176. The number of nitrogens with one attached hydrogen (secondary N) is 1. The second kappa shape index (κ2) is 2.38. The van der Waals surface area contributed by atoms with E-state index in [4.69, 9.17) is 5.73 Å². The maximum absolute atomic E-state index is 10.1. The fraction of sp³-hybridized carbons (Fsp3) is 0.200. The van der Waals surface area contributed by atoms with Crippen molar-refractivity contribution in [3.05, 3.63) is 11.9 Å². The lowest BCUT2D eigenvalue weighted by Gasteiger charge is -1.91. The largest absolute Gasteiger partial charge is 0.412 e. The number of primary amides is 1. The van der Waals surface area contributed by atoms with E-state index in [1.165, 1.54) is 6.20 Å². The molecule has 0 aliphatic carbocycles. The van der Waals surface area contributed by atoms with E-state index >= 15 is 0 Å². The van der Waals surface area contributed by atoms with Crippen molar-refractivity contribution in [2.45, 2.75) is 6.92 Å². The smallest absolute Gasteiger partial charge is 0.376 e. The number of H-pyrrole nitrogens is 1. The lowest BCUT2D eigenvalue weighted by atomic mass is 10.6. The van der Waals surface area contributed by atoms with Crippen LogP contribution in [0.2, 0.25) is 0 Å². The van der Waals surface area contributed by atoms with E-state index < -0.39 is 6.09 Å². The van der Waals surface area contributed by atoms with Crippen LogP contribution in [0.4, 0.5) is 4.79 Å². The molecule has 5 heteroatoms. The Balaban J connectivity index is 2.67. The molecule has 1 rings (SSSR count). The summed E-state index contributed by atoms with van der Waals surface area (Å²) >= 11 is 0. The van der Waals surface area contributed by atoms with E-state index in [9.17, 15) is 4.79 Å². The van der Waals surface area contributed by atoms with Crippen LogP contribution in [-0.4, -0.2) is 16.1 Å². The highest BCUT2D eigenvalue weighted by molar-refractivity contribution is 5.66. The monoisotopic (exact) mass is 141 g/mol. The summed E-state index contributed by atoms with van der Waals surface area (Å²) in [5, 5.41) is 0. The number of carbonyl (C=O) groups excluding carboxylic acids is 1. The number of aromatic nitrogens is 2. The van der Waals surface area contributed by atoms with Crippen molar-refractivity contribution in [3.63, 3.8) is 0 Å². The summed E-state index contributed by atoms with van der Waals surface area (Å²) in [6.07, 6.45) is 0.674. The highest BCUT2D eigenvalue weighted by Gasteiger charge is 2.00. The molecule has 0 unspecified atom stereocenters. The SMILES string of the molecule is Cc1cnc(OC(N)=O)[nH]1. The normalized spacial score (nSPS) is 9.30.